The summed E-state index contributed by atoms with van der Waals surface area (Å²) in [5.41, 5.74) is -1.66. The number of hydrogen-bond acceptors (Lipinski definition) is 5. The van der Waals surface area contributed by atoms with Crippen LogP contribution in [-0.2, 0) is 23.9 Å². The van der Waals surface area contributed by atoms with E-state index in [0.717, 1.165) is 41.2 Å². The fourth-order valence-corrected chi connectivity index (χ4v) is 5.67. The van der Waals surface area contributed by atoms with E-state index in [4.69, 9.17) is 9.15 Å². The molecule has 1 saturated heterocycles. The number of fused-ring (bicyclic) bond motifs is 4. The van der Waals surface area contributed by atoms with Crippen molar-refractivity contribution in [3.05, 3.63) is 75.3 Å². The largest absolute Gasteiger partial charge is 0.467 e. The molecule has 0 saturated carbocycles. The topological polar surface area (TPSA) is 80.6 Å². The van der Waals surface area contributed by atoms with Crippen LogP contribution in [0.1, 0.15) is 61.4 Å². The summed E-state index contributed by atoms with van der Waals surface area (Å²) in [6.07, 6.45) is -1.79. The first-order valence-electron chi connectivity index (χ1n) is 10.5. The Morgan fingerprint density at radius 2 is 1.91 bits per heavy atom. The second-order valence-corrected chi connectivity index (χ2v) is 9.11. The lowest BCUT2D eigenvalue weighted by Crippen LogP contribution is -2.27. The number of hydrogen-bond donors (Lipinski definition) is 2. The number of thiophene rings is 1. The first kappa shape index (κ1) is 22.6. The third-order valence-corrected chi connectivity index (χ3v) is 7.11. The normalized spacial score (nSPS) is 19.1. The molecule has 2 aliphatic heterocycles. The van der Waals surface area contributed by atoms with Gasteiger partial charge in [0.05, 0.1) is 41.7 Å². The van der Waals surface area contributed by atoms with Gasteiger partial charge in [-0.05, 0) is 42.7 Å². The van der Waals surface area contributed by atoms with Crippen LogP contribution in [0.3, 0.4) is 0 Å². The maximum absolute atomic E-state index is 14.4. The number of anilines is 1. The molecule has 0 radical (unpaired) electrons. The first-order chi connectivity index (χ1) is 16.2. The molecule has 4 heterocycles. The third-order valence-electron chi connectivity index (χ3n) is 5.87. The number of carbonyl (C=O) groups is 2. The van der Waals surface area contributed by atoms with Crippen LogP contribution in [0.5, 0.6) is 0 Å². The van der Waals surface area contributed by atoms with Gasteiger partial charge in [-0.15, -0.1) is 11.3 Å². The van der Waals surface area contributed by atoms with Gasteiger partial charge < -0.3 is 19.8 Å². The predicted molar refractivity (Wildman–Crippen MR) is 114 cm³/mol. The number of benzene rings is 1. The van der Waals surface area contributed by atoms with Crippen molar-refractivity contribution in [2.45, 2.75) is 44.2 Å². The van der Waals surface area contributed by atoms with E-state index in [-0.39, 0.29) is 29.3 Å². The van der Waals surface area contributed by atoms with E-state index in [2.05, 4.69) is 10.6 Å². The van der Waals surface area contributed by atoms with Gasteiger partial charge in [0.25, 0.3) is 11.8 Å². The maximum Gasteiger partial charge on any atom is 0.417 e. The van der Waals surface area contributed by atoms with Crippen molar-refractivity contribution in [1.82, 2.24) is 5.32 Å². The number of halogens is 4. The highest BCUT2D eigenvalue weighted by Gasteiger charge is 2.41. The lowest BCUT2D eigenvalue weighted by molar-refractivity contribution is -0.138. The average molecular weight is 494 g/mol. The highest BCUT2D eigenvalue weighted by molar-refractivity contribution is 7.17. The molecule has 5 rings (SSSR count). The Morgan fingerprint density at radius 1 is 1.09 bits per heavy atom. The highest BCUT2D eigenvalue weighted by Crippen LogP contribution is 2.49. The van der Waals surface area contributed by atoms with Crippen molar-refractivity contribution >= 4 is 28.2 Å². The molecule has 2 bridgehead atoms. The molecule has 0 aliphatic carbocycles. The molecule has 2 unspecified atom stereocenters. The van der Waals surface area contributed by atoms with E-state index in [1.807, 2.05) is 0 Å². The zero-order chi connectivity index (χ0) is 24.0. The summed E-state index contributed by atoms with van der Waals surface area (Å²) in [6, 6.07) is 5.66. The zero-order valence-electron chi connectivity index (χ0n) is 17.5. The Bertz CT molecular complexity index is 1250. The minimum atomic E-state index is -4.93. The lowest BCUT2D eigenvalue weighted by atomic mass is 10.0. The molecule has 2 atom stereocenters. The summed E-state index contributed by atoms with van der Waals surface area (Å²) < 4.78 is 65.7. The van der Waals surface area contributed by atoms with Crippen LogP contribution in [0, 0.1) is 5.82 Å². The number of amides is 2. The van der Waals surface area contributed by atoms with Gasteiger partial charge in [0.1, 0.15) is 16.6 Å². The van der Waals surface area contributed by atoms with Crippen molar-refractivity contribution in [1.29, 1.82) is 0 Å². The minimum absolute atomic E-state index is 0.0551. The number of ether oxygens (including phenoxy) is 1. The molecule has 3 aromatic rings. The van der Waals surface area contributed by atoms with Crippen LogP contribution in [-0.4, -0.2) is 17.9 Å². The predicted octanol–water partition coefficient (Wildman–Crippen LogP) is 5.46. The van der Waals surface area contributed by atoms with E-state index >= 15 is 0 Å². The monoisotopic (exact) mass is 494 g/mol. The van der Waals surface area contributed by atoms with Crippen molar-refractivity contribution in [3.63, 3.8) is 0 Å². The Kier molecular flexibility index (Phi) is 5.68. The molecular formula is C23H18F4N2O4S. The Labute approximate surface area is 194 Å². The lowest BCUT2D eigenvalue weighted by Gasteiger charge is -2.21. The summed E-state index contributed by atoms with van der Waals surface area (Å²) in [6.45, 7) is 0.0821. The fraction of sp³-hybridized carbons (Fsp3) is 0.304. The molecule has 2 aliphatic rings. The van der Waals surface area contributed by atoms with Gasteiger partial charge >= 0.3 is 6.18 Å². The molecule has 11 heteroatoms. The van der Waals surface area contributed by atoms with E-state index in [1.165, 1.54) is 6.26 Å². The summed E-state index contributed by atoms with van der Waals surface area (Å²) in [5, 5.41) is 5.14. The van der Waals surface area contributed by atoms with Crippen molar-refractivity contribution < 1.29 is 36.3 Å². The second kappa shape index (κ2) is 8.55. The van der Waals surface area contributed by atoms with Gasteiger partial charge in [-0.3, -0.25) is 9.59 Å². The van der Waals surface area contributed by atoms with E-state index < -0.39 is 34.9 Å². The fourth-order valence-electron chi connectivity index (χ4n) is 4.38. The molecule has 2 N–H and O–H groups in total. The number of carbonyl (C=O) groups excluding carboxylic acids is 2. The summed E-state index contributed by atoms with van der Waals surface area (Å²) in [4.78, 5) is 26.8. The van der Waals surface area contributed by atoms with Gasteiger partial charge in [-0.2, -0.15) is 13.2 Å². The van der Waals surface area contributed by atoms with Crippen LogP contribution in [0.15, 0.2) is 41.0 Å². The van der Waals surface area contributed by atoms with Crippen LogP contribution in [0.4, 0.5) is 22.6 Å². The standard InChI is InChI=1S/C23H18F4N2O4S/c24-15-5-1-4-14(23(25,26)27)18(15)21(31)29-22-17(20(30)28-10-12-3-2-8-32-12)13-9-11-6-7-16(33-11)19(13)34-22/h1-5,8,11,16H,6-7,9-10H2,(H,28,30)(H,29,31). The number of rotatable bonds is 5. The van der Waals surface area contributed by atoms with Gasteiger partial charge in [0.2, 0.25) is 0 Å². The highest BCUT2D eigenvalue weighted by atomic mass is 32.1. The second-order valence-electron chi connectivity index (χ2n) is 8.05. The average Bonchev–Trinajstić information content (AvgIpc) is 3.51. The molecule has 2 aromatic heterocycles. The zero-order valence-corrected chi connectivity index (χ0v) is 18.3. The van der Waals surface area contributed by atoms with Gasteiger partial charge in [0, 0.05) is 11.3 Å². The number of furan rings is 1. The van der Waals surface area contributed by atoms with Crippen molar-refractivity contribution in [2.75, 3.05) is 5.32 Å². The maximum atomic E-state index is 14.4. The van der Waals surface area contributed by atoms with Crippen LogP contribution >= 0.6 is 11.3 Å². The van der Waals surface area contributed by atoms with Crippen molar-refractivity contribution in [2.24, 2.45) is 0 Å². The van der Waals surface area contributed by atoms with E-state index in [0.29, 0.717) is 23.8 Å². The van der Waals surface area contributed by atoms with Crippen LogP contribution in [0.25, 0.3) is 0 Å². The molecule has 6 nitrogen and oxygen atoms in total. The molecule has 178 valence electrons. The molecule has 1 fully saturated rings. The minimum Gasteiger partial charge on any atom is -0.467 e. The van der Waals surface area contributed by atoms with Crippen molar-refractivity contribution in [3.8, 4) is 0 Å². The van der Waals surface area contributed by atoms with Gasteiger partial charge in [0.15, 0.2) is 0 Å². The molecule has 34 heavy (non-hydrogen) atoms. The van der Waals surface area contributed by atoms with Crippen LogP contribution in [0.2, 0.25) is 0 Å². The van der Waals surface area contributed by atoms with Gasteiger partial charge in [-0.1, -0.05) is 6.07 Å². The molecule has 1 aromatic carbocycles. The quantitative estimate of drug-likeness (QED) is 0.462. The Morgan fingerprint density at radius 3 is 2.65 bits per heavy atom. The third kappa shape index (κ3) is 4.09. The smallest absolute Gasteiger partial charge is 0.417 e. The molecule has 0 spiro atoms. The van der Waals surface area contributed by atoms with E-state index in [1.54, 1.807) is 12.1 Å². The summed E-state index contributed by atoms with van der Waals surface area (Å²) in [5.74, 6) is -2.60. The summed E-state index contributed by atoms with van der Waals surface area (Å²) >= 11 is 1.07. The number of alkyl halides is 3. The Balaban J connectivity index is 1.50. The van der Waals surface area contributed by atoms with Crippen LogP contribution < -0.4 is 10.6 Å². The SMILES string of the molecule is O=C(Nc1sc2c(c1C(=O)NCc1ccco1)CC1CCC2O1)c1c(F)cccc1C(F)(F)F. The molecular weight excluding hydrogens is 476 g/mol. The first-order valence-corrected chi connectivity index (χ1v) is 11.3. The number of nitrogens with one attached hydrogen (secondary N) is 2. The Hall–Kier alpha value is -3.18. The molecule has 2 amide bonds. The van der Waals surface area contributed by atoms with Gasteiger partial charge in [-0.25, -0.2) is 4.39 Å². The summed E-state index contributed by atoms with van der Waals surface area (Å²) in [7, 11) is 0. The van der Waals surface area contributed by atoms with E-state index in [9.17, 15) is 27.2 Å².